The Morgan fingerprint density at radius 1 is 1.11 bits per heavy atom. The summed E-state index contributed by atoms with van der Waals surface area (Å²) in [6, 6.07) is 10.8. The summed E-state index contributed by atoms with van der Waals surface area (Å²) in [5.74, 6) is 0.740. The van der Waals surface area contributed by atoms with Crippen LogP contribution in [0.2, 0.25) is 0 Å². The van der Waals surface area contributed by atoms with Crippen LogP contribution in [0.4, 0.5) is 0 Å². The summed E-state index contributed by atoms with van der Waals surface area (Å²) in [5.41, 5.74) is 0.949. The van der Waals surface area contributed by atoms with Gasteiger partial charge in [-0.2, -0.15) is 0 Å². The second kappa shape index (κ2) is 11.3. The number of aromatic nitrogens is 1. The number of sulfonamides is 1. The zero-order valence-electron chi connectivity index (χ0n) is 15.9. The van der Waals surface area contributed by atoms with Gasteiger partial charge in [-0.05, 0) is 36.8 Å². The van der Waals surface area contributed by atoms with Gasteiger partial charge in [0.1, 0.15) is 0 Å². The van der Waals surface area contributed by atoms with E-state index in [0.717, 1.165) is 31.2 Å². The zero-order valence-corrected chi connectivity index (χ0v) is 19.1. The van der Waals surface area contributed by atoms with E-state index in [1.54, 1.807) is 24.3 Å². The topological polar surface area (TPSA) is 78.7 Å². The van der Waals surface area contributed by atoms with Crippen LogP contribution in [-0.2, 0) is 23.1 Å². The molecule has 2 rings (SSSR count). The van der Waals surface area contributed by atoms with Gasteiger partial charge in [0.25, 0.3) is 0 Å². The number of rotatable bonds is 8. The van der Waals surface area contributed by atoms with Gasteiger partial charge in [-0.25, -0.2) is 17.7 Å². The van der Waals surface area contributed by atoms with E-state index in [1.807, 2.05) is 31.5 Å². The molecule has 1 heterocycles. The lowest BCUT2D eigenvalue weighted by atomic mass is 10.2. The quantitative estimate of drug-likeness (QED) is 0.328. The second-order valence-corrected chi connectivity index (χ2v) is 8.13. The Bertz CT molecular complexity index is 803. The van der Waals surface area contributed by atoms with Crippen LogP contribution in [0.15, 0.2) is 58.7 Å². The molecule has 0 saturated heterocycles. The van der Waals surface area contributed by atoms with Crippen LogP contribution in [0.25, 0.3) is 0 Å². The number of hydrogen-bond acceptors (Lipinski definition) is 3. The highest BCUT2D eigenvalue weighted by Gasteiger charge is 2.16. The minimum Gasteiger partial charge on any atom is -0.357 e. The summed E-state index contributed by atoms with van der Waals surface area (Å²) in [5, 5.41) is 6.51. The van der Waals surface area contributed by atoms with E-state index < -0.39 is 10.0 Å². The molecule has 0 radical (unpaired) electrons. The Morgan fingerprint density at radius 3 is 2.30 bits per heavy atom. The van der Waals surface area contributed by atoms with Crippen molar-refractivity contribution < 1.29 is 8.42 Å². The molecule has 0 aliphatic carbocycles. The zero-order chi connectivity index (χ0) is 19.0. The average molecular weight is 505 g/mol. The maximum absolute atomic E-state index is 12.1. The molecule has 0 aliphatic rings. The number of hydrogen-bond donors (Lipinski definition) is 2. The molecule has 0 spiro atoms. The number of guanidine groups is 1. The normalized spacial score (nSPS) is 11.9. The smallest absolute Gasteiger partial charge is 0.242 e. The number of nitrogens with one attached hydrogen (secondary N) is 2. The van der Waals surface area contributed by atoms with Gasteiger partial charge >= 0.3 is 0 Å². The molecule has 0 bridgehead atoms. The van der Waals surface area contributed by atoms with E-state index in [1.165, 1.54) is 18.4 Å². The van der Waals surface area contributed by atoms with Crippen LogP contribution in [-0.4, -0.2) is 50.4 Å². The van der Waals surface area contributed by atoms with Crippen molar-refractivity contribution in [3.8, 4) is 0 Å². The van der Waals surface area contributed by atoms with Crippen LogP contribution in [0.3, 0.4) is 0 Å². The molecule has 1 aromatic carbocycles. The fourth-order valence-corrected chi connectivity index (χ4v) is 3.21. The summed E-state index contributed by atoms with van der Waals surface area (Å²) in [6.07, 6.45) is 4.05. The third-order valence-corrected chi connectivity index (χ3v) is 5.62. The Morgan fingerprint density at radius 2 is 1.74 bits per heavy atom. The molecule has 7 nitrogen and oxygen atoms in total. The highest BCUT2D eigenvalue weighted by atomic mass is 127. The van der Waals surface area contributed by atoms with E-state index in [4.69, 9.17) is 0 Å². The lowest BCUT2D eigenvalue weighted by molar-refractivity contribution is 0.520. The van der Waals surface area contributed by atoms with Crippen LogP contribution >= 0.6 is 24.0 Å². The first kappa shape index (κ1) is 23.4. The SMILES string of the molecule is CCNC(=NCc1ccc(S(=O)(=O)N(C)C)cc1)NCCn1cccc1.I. The van der Waals surface area contributed by atoms with Gasteiger partial charge in [-0.15, -0.1) is 24.0 Å². The monoisotopic (exact) mass is 505 g/mol. The Hall–Kier alpha value is -1.59. The molecule has 150 valence electrons. The largest absolute Gasteiger partial charge is 0.357 e. The van der Waals surface area contributed by atoms with Crippen molar-refractivity contribution in [3.05, 3.63) is 54.4 Å². The van der Waals surface area contributed by atoms with E-state index in [2.05, 4.69) is 20.2 Å². The highest BCUT2D eigenvalue weighted by molar-refractivity contribution is 14.0. The van der Waals surface area contributed by atoms with E-state index >= 15 is 0 Å². The first-order valence-electron chi connectivity index (χ1n) is 8.58. The van der Waals surface area contributed by atoms with Crippen molar-refractivity contribution in [2.75, 3.05) is 27.2 Å². The summed E-state index contributed by atoms with van der Waals surface area (Å²) in [4.78, 5) is 4.84. The maximum Gasteiger partial charge on any atom is 0.242 e. The van der Waals surface area contributed by atoms with Gasteiger partial charge in [-0.1, -0.05) is 12.1 Å². The van der Waals surface area contributed by atoms with Crippen molar-refractivity contribution in [1.82, 2.24) is 19.5 Å². The third-order valence-electron chi connectivity index (χ3n) is 3.79. The van der Waals surface area contributed by atoms with E-state index in [-0.39, 0.29) is 28.9 Å². The van der Waals surface area contributed by atoms with Crippen molar-refractivity contribution in [2.24, 2.45) is 4.99 Å². The first-order valence-corrected chi connectivity index (χ1v) is 10.0. The predicted molar refractivity (Wildman–Crippen MR) is 120 cm³/mol. The van der Waals surface area contributed by atoms with Crippen molar-refractivity contribution >= 4 is 40.0 Å². The van der Waals surface area contributed by atoms with Crippen LogP contribution in [0, 0.1) is 0 Å². The molecule has 2 N–H and O–H groups in total. The highest BCUT2D eigenvalue weighted by Crippen LogP contribution is 2.14. The second-order valence-electron chi connectivity index (χ2n) is 5.97. The molecule has 0 unspecified atom stereocenters. The predicted octanol–water partition coefficient (Wildman–Crippen LogP) is 2.11. The number of halogens is 1. The number of nitrogens with zero attached hydrogens (tertiary/aromatic N) is 3. The first-order chi connectivity index (χ1) is 12.4. The standard InChI is InChI=1S/C18H27N5O2S.HI/c1-4-19-18(20-11-14-23-12-5-6-13-23)21-15-16-7-9-17(10-8-16)26(24,25)22(2)3;/h5-10,12-13H,4,11,14-15H2,1-3H3,(H2,19,20,21);1H. The van der Waals surface area contributed by atoms with E-state index in [9.17, 15) is 8.42 Å². The molecular formula is C18H28IN5O2S. The van der Waals surface area contributed by atoms with Crippen molar-refractivity contribution in [1.29, 1.82) is 0 Å². The van der Waals surface area contributed by atoms with Gasteiger partial charge in [0.2, 0.25) is 10.0 Å². The fourth-order valence-electron chi connectivity index (χ4n) is 2.31. The van der Waals surface area contributed by atoms with Gasteiger partial charge in [0, 0.05) is 46.1 Å². The van der Waals surface area contributed by atoms with Crippen LogP contribution in [0.5, 0.6) is 0 Å². The Balaban J connectivity index is 0.00000364. The lowest BCUT2D eigenvalue weighted by Crippen LogP contribution is -2.38. The molecule has 0 atom stereocenters. The molecule has 1 aromatic heterocycles. The molecule has 0 aliphatic heterocycles. The van der Waals surface area contributed by atoms with Crippen molar-refractivity contribution in [2.45, 2.75) is 24.9 Å². The Kier molecular flexibility index (Phi) is 9.81. The van der Waals surface area contributed by atoms with E-state index in [0.29, 0.717) is 6.54 Å². The third kappa shape index (κ3) is 7.15. The molecule has 27 heavy (non-hydrogen) atoms. The van der Waals surface area contributed by atoms with Crippen LogP contribution in [0.1, 0.15) is 12.5 Å². The van der Waals surface area contributed by atoms with Crippen LogP contribution < -0.4 is 10.6 Å². The molecule has 0 saturated carbocycles. The Labute approximate surface area is 178 Å². The molecule has 2 aromatic rings. The number of benzene rings is 1. The minimum absolute atomic E-state index is 0. The summed E-state index contributed by atoms with van der Waals surface area (Å²) < 4.78 is 27.5. The summed E-state index contributed by atoms with van der Waals surface area (Å²) in [6.45, 7) is 4.88. The fraction of sp³-hybridized carbons (Fsp3) is 0.389. The average Bonchev–Trinajstić information content (AvgIpc) is 3.13. The number of aliphatic imine (C=N–C) groups is 1. The molecule has 0 fully saturated rings. The lowest BCUT2D eigenvalue weighted by Gasteiger charge is -2.12. The summed E-state index contributed by atoms with van der Waals surface area (Å²) >= 11 is 0. The van der Waals surface area contributed by atoms with Crippen molar-refractivity contribution in [3.63, 3.8) is 0 Å². The summed E-state index contributed by atoms with van der Waals surface area (Å²) in [7, 11) is -0.350. The van der Waals surface area contributed by atoms with Gasteiger partial charge in [0.05, 0.1) is 11.4 Å². The van der Waals surface area contributed by atoms with Gasteiger partial charge in [-0.3, -0.25) is 0 Å². The minimum atomic E-state index is -3.40. The molecule has 0 amide bonds. The molecule has 9 heteroatoms. The maximum atomic E-state index is 12.1. The van der Waals surface area contributed by atoms with Gasteiger partial charge < -0.3 is 15.2 Å². The molecular weight excluding hydrogens is 477 g/mol. The van der Waals surface area contributed by atoms with Gasteiger partial charge in [0.15, 0.2) is 5.96 Å².